The van der Waals surface area contributed by atoms with Gasteiger partial charge < -0.3 is 5.73 Å². The summed E-state index contributed by atoms with van der Waals surface area (Å²) in [6.45, 7) is 0. The fourth-order valence-electron chi connectivity index (χ4n) is 0.591. The Morgan fingerprint density at radius 3 is 2.00 bits per heavy atom. The molecule has 0 amide bonds. The van der Waals surface area contributed by atoms with Crippen molar-refractivity contribution in [3.8, 4) is 0 Å². The SMILES string of the molecule is Nc1cc(I)c(I)c(I)c1I. The molecule has 0 fully saturated rings. The van der Waals surface area contributed by atoms with E-state index in [4.69, 9.17) is 5.73 Å². The van der Waals surface area contributed by atoms with E-state index in [9.17, 15) is 0 Å². The topological polar surface area (TPSA) is 26.0 Å². The second-order valence-corrected chi connectivity index (χ2v) is 6.29. The Hall–Kier alpha value is 1.94. The van der Waals surface area contributed by atoms with Crippen molar-refractivity contribution in [3.63, 3.8) is 0 Å². The van der Waals surface area contributed by atoms with Crippen molar-refractivity contribution in [3.05, 3.63) is 20.3 Å². The van der Waals surface area contributed by atoms with Gasteiger partial charge in [0.25, 0.3) is 0 Å². The number of nitrogen functional groups attached to an aromatic ring is 1. The maximum absolute atomic E-state index is 5.77. The predicted octanol–water partition coefficient (Wildman–Crippen LogP) is 3.69. The summed E-state index contributed by atoms with van der Waals surface area (Å²) in [6.07, 6.45) is 0. The van der Waals surface area contributed by atoms with E-state index in [0.717, 1.165) is 9.26 Å². The number of nitrogens with two attached hydrogens (primary N) is 1. The Balaban J connectivity index is 3.46. The van der Waals surface area contributed by atoms with E-state index < -0.39 is 0 Å². The normalized spacial score (nSPS) is 10.2. The van der Waals surface area contributed by atoms with E-state index in [1.807, 2.05) is 6.07 Å². The van der Waals surface area contributed by atoms with Crippen molar-refractivity contribution in [1.29, 1.82) is 0 Å². The first-order valence-corrected chi connectivity index (χ1v) is 6.94. The Bertz CT molecular complexity index is 271. The third-order valence-corrected chi connectivity index (χ3v) is 8.44. The molecule has 11 heavy (non-hydrogen) atoms. The van der Waals surface area contributed by atoms with Gasteiger partial charge in [0.1, 0.15) is 0 Å². The number of anilines is 1. The van der Waals surface area contributed by atoms with Crippen molar-refractivity contribution in [1.82, 2.24) is 0 Å². The molecule has 1 aromatic carbocycles. The average molecular weight is 597 g/mol. The Kier molecular flexibility index (Phi) is 4.45. The van der Waals surface area contributed by atoms with Crippen LogP contribution in [0.4, 0.5) is 5.69 Å². The average Bonchev–Trinajstić information content (AvgIpc) is 1.97. The summed E-state index contributed by atoms with van der Waals surface area (Å²) in [5.74, 6) is 0. The Morgan fingerprint density at radius 2 is 1.45 bits per heavy atom. The lowest BCUT2D eigenvalue weighted by molar-refractivity contribution is 1.48. The molecule has 1 aromatic rings. The van der Waals surface area contributed by atoms with Gasteiger partial charge >= 0.3 is 0 Å². The van der Waals surface area contributed by atoms with Crippen LogP contribution < -0.4 is 5.73 Å². The molecule has 0 aromatic heterocycles. The van der Waals surface area contributed by atoms with Crippen molar-refractivity contribution in [2.24, 2.45) is 0 Å². The van der Waals surface area contributed by atoms with Gasteiger partial charge in [0.05, 0.1) is 3.57 Å². The second kappa shape index (κ2) is 4.44. The lowest BCUT2D eigenvalue weighted by Gasteiger charge is -2.05. The smallest absolute Gasteiger partial charge is 0.0504 e. The number of benzene rings is 1. The quantitative estimate of drug-likeness (QED) is 0.210. The van der Waals surface area contributed by atoms with Crippen LogP contribution >= 0.6 is 90.4 Å². The first-order valence-electron chi connectivity index (χ1n) is 2.62. The summed E-state index contributed by atoms with van der Waals surface area (Å²) in [5.41, 5.74) is 6.64. The van der Waals surface area contributed by atoms with Gasteiger partial charge in [-0.15, -0.1) is 0 Å². The minimum Gasteiger partial charge on any atom is -0.398 e. The third-order valence-electron chi connectivity index (χ3n) is 1.13. The first-order chi connectivity index (χ1) is 5.04. The summed E-state index contributed by atoms with van der Waals surface area (Å²) in [6, 6.07) is 2.01. The van der Waals surface area contributed by atoms with Crippen LogP contribution in [0, 0.1) is 14.3 Å². The van der Waals surface area contributed by atoms with Crippen molar-refractivity contribution >= 4 is 96.1 Å². The van der Waals surface area contributed by atoms with Crippen LogP contribution in [0.3, 0.4) is 0 Å². The number of halogens is 4. The second-order valence-electron chi connectivity index (χ2n) is 1.89. The van der Waals surface area contributed by atoms with Crippen molar-refractivity contribution in [2.75, 3.05) is 5.73 Å². The standard InChI is InChI=1S/C6H3I4N/c7-2-1-3(11)5(9)6(10)4(2)8/h1H,11H2. The molecule has 0 atom stereocenters. The summed E-state index contributed by atoms with van der Waals surface area (Å²) >= 11 is 9.22. The van der Waals surface area contributed by atoms with Crippen LogP contribution in [0.15, 0.2) is 6.07 Å². The first kappa shape index (κ1) is 11.0. The van der Waals surface area contributed by atoms with Gasteiger partial charge in [-0.25, -0.2) is 0 Å². The van der Waals surface area contributed by atoms with E-state index in [-0.39, 0.29) is 0 Å². The van der Waals surface area contributed by atoms with Crippen LogP contribution in [-0.4, -0.2) is 0 Å². The van der Waals surface area contributed by atoms with Gasteiger partial charge in [-0.05, 0) is 96.4 Å². The largest absolute Gasteiger partial charge is 0.398 e. The highest BCUT2D eigenvalue weighted by molar-refractivity contribution is 14.1. The fourth-order valence-corrected chi connectivity index (χ4v) is 3.68. The molecule has 0 spiro atoms. The highest BCUT2D eigenvalue weighted by Gasteiger charge is 2.08. The molecular formula is C6H3I4N. The molecule has 0 saturated heterocycles. The monoisotopic (exact) mass is 597 g/mol. The molecular weight excluding hydrogens is 594 g/mol. The van der Waals surface area contributed by atoms with Crippen LogP contribution in [0.2, 0.25) is 0 Å². The maximum atomic E-state index is 5.77. The van der Waals surface area contributed by atoms with Gasteiger partial charge in [-0.1, -0.05) is 0 Å². The lowest BCUT2D eigenvalue weighted by Crippen LogP contribution is -1.96. The van der Waals surface area contributed by atoms with Gasteiger partial charge in [0.2, 0.25) is 0 Å². The maximum Gasteiger partial charge on any atom is 0.0504 e. The molecule has 1 nitrogen and oxygen atoms in total. The van der Waals surface area contributed by atoms with E-state index in [1.54, 1.807) is 0 Å². The van der Waals surface area contributed by atoms with Crippen molar-refractivity contribution < 1.29 is 0 Å². The zero-order chi connectivity index (χ0) is 8.59. The van der Waals surface area contributed by atoms with E-state index in [1.165, 1.54) is 10.7 Å². The zero-order valence-electron chi connectivity index (χ0n) is 5.17. The summed E-state index contributed by atoms with van der Waals surface area (Å²) < 4.78 is 4.94. The Labute approximate surface area is 120 Å². The van der Waals surface area contributed by atoms with E-state index in [2.05, 4.69) is 90.4 Å². The molecule has 0 bridgehead atoms. The zero-order valence-corrected chi connectivity index (χ0v) is 13.8. The lowest BCUT2D eigenvalue weighted by atomic mass is 10.3. The molecule has 2 N–H and O–H groups in total. The van der Waals surface area contributed by atoms with Gasteiger partial charge in [0, 0.05) is 16.4 Å². The number of rotatable bonds is 0. The molecule has 0 unspecified atom stereocenters. The predicted molar refractivity (Wildman–Crippen MR) is 81.7 cm³/mol. The molecule has 0 radical (unpaired) electrons. The molecule has 0 heterocycles. The van der Waals surface area contributed by atoms with Crippen LogP contribution in [0.25, 0.3) is 0 Å². The van der Waals surface area contributed by atoms with Crippen LogP contribution in [0.1, 0.15) is 0 Å². The van der Waals surface area contributed by atoms with E-state index in [0.29, 0.717) is 0 Å². The van der Waals surface area contributed by atoms with Crippen molar-refractivity contribution in [2.45, 2.75) is 0 Å². The highest BCUT2D eigenvalue weighted by Crippen LogP contribution is 2.29. The van der Waals surface area contributed by atoms with Gasteiger partial charge in [0.15, 0.2) is 0 Å². The molecule has 5 heteroatoms. The molecule has 0 saturated carbocycles. The van der Waals surface area contributed by atoms with Gasteiger partial charge in [-0.3, -0.25) is 0 Å². The molecule has 60 valence electrons. The highest BCUT2D eigenvalue weighted by atomic mass is 127. The van der Waals surface area contributed by atoms with E-state index >= 15 is 0 Å². The number of hydrogen-bond donors (Lipinski definition) is 1. The molecule has 0 aliphatic heterocycles. The fraction of sp³-hybridized carbons (Fsp3) is 0. The minimum atomic E-state index is 0.875. The summed E-state index contributed by atoms with van der Waals surface area (Å²) in [7, 11) is 0. The minimum absolute atomic E-state index is 0.875. The van der Waals surface area contributed by atoms with Crippen LogP contribution in [-0.2, 0) is 0 Å². The number of hydrogen-bond acceptors (Lipinski definition) is 1. The Morgan fingerprint density at radius 1 is 0.909 bits per heavy atom. The molecule has 0 aliphatic carbocycles. The molecule has 0 aliphatic rings. The summed E-state index contributed by atoms with van der Waals surface area (Å²) in [5, 5.41) is 0. The van der Waals surface area contributed by atoms with Crippen LogP contribution in [0.5, 0.6) is 0 Å². The summed E-state index contributed by atoms with van der Waals surface area (Å²) in [4.78, 5) is 0. The molecule has 1 rings (SSSR count). The third kappa shape index (κ3) is 2.45. The van der Waals surface area contributed by atoms with Gasteiger partial charge in [-0.2, -0.15) is 0 Å².